The van der Waals surface area contributed by atoms with Crippen LogP contribution in [0.3, 0.4) is 0 Å². The number of hydrogen-bond donors (Lipinski definition) is 1. The molecule has 0 spiro atoms. The Bertz CT molecular complexity index is 652. The number of aryl methyl sites for hydroxylation is 1. The van der Waals surface area contributed by atoms with Crippen molar-refractivity contribution in [3.8, 4) is 5.75 Å². The van der Waals surface area contributed by atoms with E-state index in [0.29, 0.717) is 11.4 Å². The topological polar surface area (TPSA) is 64.6 Å². The molecule has 0 saturated carbocycles. The van der Waals surface area contributed by atoms with Gasteiger partial charge >= 0.3 is 5.97 Å². The van der Waals surface area contributed by atoms with Crippen molar-refractivity contribution in [2.75, 3.05) is 11.9 Å². The van der Waals surface area contributed by atoms with Crippen LogP contribution in [0.1, 0.15) is 12.5 Å². The van der Waals surface area contributed by atoms with Crippen LogP contribution in [0.2, 0.25) is 0 Å². The molecule has 23 heavy (non-hydrogen) atoms. The fourth-order valence-electron chi connectivity index (χ4n) is 1.84. The number of anilines is 1. The molecule has 0 saturated heterocycles. The maximum absolute atomic E-state index is 11.8. The van der Waals surface area contributed by atoms with E-state index in [4.69, 9.17) is 9.47 Å². The summed E-state index contributed by atoms with van der Waals surface area (Å²) < 4.78 is 10.4. The van der Waals surface area contributed by atoms with E-state index < -0.39 is 18.0 Å². The van der Waals surface area contributed by atoms with E-state index in [2.05, 4.69) is 5.32 Å². The summed E-state index contributed by atoms with van der Waals surface area (Å²) in [5.41, 5.74) is 1.76. The SMILES string of the molecule is Cc1ccc(NC(=O)COC(=O)C(C)Oc2ccccc2)cc1. The zero-order valence-electron chi connectivity index (χ0n) is 13.1. The second-order valence-electron chi connectivity index (χ2n) is 5.10. The average Bonchev–Trinajstić information content (AvgIpc) is 2.55. The van der Waals surface area contributed by atoms with Crippen molar-refractivity contribution in [3.63, 3.8) is 0 Å². The molecule has 0 aliphatic carbocycles. The van der Waals surface area contributed by atoms with Crippen LogP contribution < -0.4 is 10.1 Å². The van der Waals surface area contributed by atoms with E-state index in [1.807, 2.05) is 37.3 Å². The van der Waals surface area contributed by atoms with Crippen molar-refractivity contribution in [3.05, 3.63) is 60.2 Å². The second kappa shape index (κ2) is 7.98. The van der Waals surface area contributed by atoms with E-state index in [1.54, 1.807) is 31.2 Å². The number of nitrogens with one attached hydrogen (secondary N) is 1. The second-order valence-corrected chi connectivity index (χ2v) is 5.10. The lowest BCUT2D eigenvalue weighted by molar-refractivity contribution is -0.153. The molecule has 2 aromatic rings. The van der Waals surface area contributed by atoms with Gasteiger partial charge in [0.2, 0.25) is 0 Å². The first-order valence-corrected chi connectivity index (χ1v) is 7.29. The standard InChI is InChI=1S/C18H19NO4/c1-13-8-10-15(11-9-13)19-17(20)12-22-18(21)14(2)23-16-6-4-3-5-7-16/h3-11,14H,12H2,1-2H3,(H,19,20). The van der Waals surface area contributed by atoms with Crippen LogP contribution in [0.5, 0.6) is 5.75 Å². The zero-order chi connectivity index (χ0) is 16.7. The molecule has 0 aliphatic rings. The van der Waals surface area contributed by atoms with Crippen molar-refractivity contribution >= 4 is 17.6 Å². The average molecular weight is 313 g/mol. The van der Waals surface area contributed by atoms with E-state index in [0.717, 1.165) is 5.56 Å². The third-order valence-corrected chi connectivity index (χ3v) is 3.07. The summed E-state index contributed by atoms with van der Waals surface area (Å²) in [6, 6.07) is 16.3. The molecule has 0 bridgehead atoms. The first kappa shape index (κ1) is 16.5. The molecule has 1 N–H and O–H groups in total. The summed E-state index contributed by atoms with van der Waals surface area (Å²) in [6.45, 7) is 3.18. The first-order chi connectivity index (χ1) is 11.0. The van der Waals surface area contributed by atoms with Gasteiger partial charge in [0.25, 0.3) is 5.91 Å². The Morgan fingerprint density at radius 1 is 1.04 bits per heavy atom. The van der Waals surface area contributed by atoms with Gasteiger partial charge < -0.3 is 14.8 Å². The van der Waals surface area contributed by atoms with Gasteiger partial charge in [-0.3, -0.25) is 4.79 Å². The largest absolute Gasteiger partial charge is 0.479 e. The van der Waals surface area contributed by atoms with Crippen LogP contribution in [0.25, 0.3) is 0 Å². The summed E-state index contributed by atoms with van der Waals surface area (Å²) in [7, 11) is 0. The number of carbonyl (C=O) groups is 2. The van der Waals surface area contributed by atoms with Crippen LogP contribution in [0.4, 0.5) is 5.69 Å². The number of benzene rings is 2. The third kappa shape index (κ3) is 5.47. The van der Waals surface area contributed by atoms with Gasteiger partial charge in [-0.25, -0.2) is 4.79 Å². The highest BCUT2D eigenvalue weighted by molar-refractivity contribution is 5.93. The number of hydrogen-bond acceptors (Lipinski definition) is 4. The molecule has 1 amide bonds. The molecule has 120 valence electrons. The fraction of sp³-hybridized carbons (Fsp3) is 0.222. The van der Waals surface area contributed by atoms with Gasteiger partial charge in [0.1, 0.15) is 5.75 Å². The molecule has 1 unspecified atom stereocenters. The molecular weight excluding hydrogens is 294 g/mol. The molecule has 0 aromatic heterocycles. The number of ether oxygens (including phenoxy) is 2. The quantitative estimate of drug-likeness (QED) is 0.833. The Morgan fingerprint density at radius 3 is 2.35 bits per heavy atom. The van der Waals surface area contributed by atoms with Gasteiger partial charge in [0.05, 0.1) is 0 Å². The highest BCUT2D eigenvalue weighted by Crippen LogP contribution is 2.11. The van der Waals surface area contributed by atoms with Crippen LogP contribution in [-0.4, -0.2) is 24.6 Å². The summed E-state index contributed by atoms with van der Waals surface area (Å²) >= 11 is 0. The number of carbonyl (C=O) groups excluding carboxylic acids is 2. The maximum atomic E-state index is 11.8. The molecule has 5 nitrogen and oxygen atoms in total. The van der Waals surface area contributed by atoms with Gasteiger partial charge in [-0.2, -0.15) is 0 Å². The molecule has 0 radical (unpaired) electrons. The minimum atomic E-state index is -0.787. The summed E-state index contributed by atoms with van der Waals surface area (Å²) in [5, 5.41) is 2.66. The summed E-state index contributed by atoms with van der Waals surface area (Å²) in [6.07, 6.45) is -0.787. The van der Waals surface area contributed by atoms with Gasteiger partial charge in [-0.15, -0.1) is 0 Å². The predicted octanol–water partition coefficient (Wildman–Crippen LogP) is 2.94. The van der Waals surface area contributed by atoms with Crippen molar-refractivity contribution in [2.45, 2.75) is 20.0 Å². The van der Waals surface area contributed by atoms with Crippen molar-refractivity contribution < 1.29 is 19.1 Å². The Kier molecular flexibility index (Phi) is 5.74. The van der Waals surface area contributed by atoms with Crippen LogP contribution in [0, 0.1) is 6.92 Å². The van der Waals surface area contributed by atoms with Gasteiger partial charge in [0, 0.05) is 5.69 Å². The zero-order valence-corrected chi connectivity index (χ0v) is 13.1. The number of rotatable bonds is 6. The molecule has 2 rings (SSSR count). The van der Waals surface area contributed by atoms with Crippen molar-refractivity contribution in [1.82, 2.24) is 0 Å². The maximum Gasteiger partial charge on any atom is 0.347 e. The minimum absolute atomic E-state index is 0.352. The summed E-state index contributed by atoms with van der Waals surface area (Å²) in [5.74, 6) is -0.414. The molecule has 1 atom stereocenters. The van der Waals surface area contributed by atoms with Gasteiger partial charge in [-0.05, 0) is 38.1 Å². The molecule has 0 heterocycles. The number of esters is 1. The number of amides is 1. The smallest absolute Gasteiger partial charge is 0.347 e. The first-order valence-electron chi connectivity index (χ1n) is 7.29. The Labute approximate surface area is 135 Å². The Hall–Kier alpha value is -2.82. The number of para-hydroxylation sites is 1. The van der Waals surface area contributed by atoms with Crippen molar-refractivity contribution in [2.24, 2.45) is 0 Å². The lowest BCUT2D eigenvalue weighted by atomic mass is 10.2. The molecule has 5 heteroatoms. The van der Waals surface area contributed by atoms with Crippen LogP contribution in [-0.2, 0) is 14.3 Å². The monoisotopic (exact) mass is 313 g/mol. The molecular formula is C18H19NO4. The molecule has 2 aromatic carbocycles. The lowest BCUT2D eigenvalue weighted by Crippen LogP contribution is -2.29. The Morgan fingerprint density at radius 2 is 1.70 bits per heavy atom. The van der Waals surface area contributed by atoms with Crippen molar-refractivity contribution in [1.29, 1.82) is 0 Å². The normalized spacial score (nSPS) is 11.4. The molecule has 0 aliphatic heterocycles. The highest BCUT2D eigenvalue weighted by atomic mass is 16.6. The van der Waals surface area contributed by atoms with Gasteiger partial charge in [-0.1, -0.05) is 35.9 Å². The van der Waals surface area contributed by atoms with E-state index in [1.165, 1.54) is 0 Å². The fourth-order valence-corrected chi connectivity index (χ4v) is 1.84. The van der Waals surface area contributed by atoms with Gasteiger partial charge in [0.15, 0.2) is 12.7 Å². The minimum Gasteiger partial charge on any atom is -0.479 e. The lowest BCUT2D eigenvalue weighted by Gasteiger charge is -2.13. The van der Waals surface area contributed by atoms with Crippen LogP contribution >= 0.6 is 0 Å². The van der Waals surface area contributed by atoms with Crippen LogP contribution in [0.15, 0.2) is 54.6 Å². The van der Waals surface area contributed by atoms with E-state index in [-0.39, 0.29) is 6.61 Å². The third-order valence-electron chi connectivity index (χ3n) is 3.07. The molecule has 0 fully saturated rings. The summed E-state index contributed by atoms with van der Waals surface area (Å²) in [4.78, 5) is 23.6. The van der Waals surface area contributed by atoms with E-state index >= 15 is 0 Å². The predicted molar refractivity (Wildman–Crippen MR) is 87.3 cm³/mol. The van der Waals surface area contributed by atoms with E-state index in [9.17, 15) is 9.59 Å². The highest BCUT2D eigenvalue weighted by Gasteiger charge is 2.17. The Balaban J connectivity index is 1.76.